The monoisotopic (exact) mass is 502 g/mol. The van der Waals surface area contributed by atoms with Gasteiger partial charge >= 0.3 is 6.18 Å². The van der Waals surface area contributed by atoms with Crippen molar-refractivity contribution in [3.63, 3.8) is 0 Å². The van der Waals surface area contributed by atoms with Crippen molar-refractivity contribution in [1.82, 2.24) is 30.0 Å². The van der Waals surface area contributed by atoms with Crippen molar-refractivity contribution in [1.29, 1.82) is 0 Å². The topological polar surface area (TPSA) is 94.8 Å². The highest BCUT2D eigenvalue weighted by Gasteiger charge is 2.34. The summed E-state index contributed by atoms with van der Waals surface area (Å²) in [4.78, 5) is 25.4. The minimum atomic E-state index is -4.63. The van der Waals surface area contributed by atoms with E-state index in [1.165, 1.54) is 11.3 Å². The van der Waals surface area contributed by atoms with E-state index in [0.29, 0.717) is 29.9 Å². The molecule has 3 aromatic heterocycles. The number of benzene rings is 1. The van der Waals surface area contributed by atoms with Crippen molar-refractivity contribution in [3.05, 3.63) is 58.7 Å². The van der Waals surface area contributed by atoms with Crippen LogP contribution in [0.3, 0.4) is 0 Å². The zero-order valence-corrected chi connectivity index (χ0v) is 19.7. The molecule has 1 N–H and O–H groups in total. The lowest BCUT2D eigenvalue weighted by atomic mass is 10.0. The van der Waals surface area contributed by atoms with Crippen LogP contribution in [0, 0.1) is 6.92 Å². The summed E-state index contributed by atoms with van der Waals surface area (Å²) in [6, 6.07) is 2.99. The average molecular weight is 503 g/mol. The van der Waals surface area contributed by atoms with Gasteiger partial charge in [0.2, 0.25) is 5.82 Å². The Labute approximate surface area is 202 Å². The van der Waals surface area contributed by atoms with Gasteiger partial charge in [0, 0.05) is 58.3 Å². The molecule has 1 unspecified atom stereocenters. The van der Waals surface area contributed by atoms with Crippen molar-refractivity contribution in [3.8, 4) is 10.6 Å². The number of amides is 1. The molecule has 0 spiro atoms. The third-order valence-corrected chi connectivity index (χ3v) is 6.76. The van der Waals surface area contributed by atoms with Crippen molar-refractivity contribution in [2.75, 3.05) is 13.2 Å². The Bertz CT molecular complexity index is 1380. The van der Waals surface area contributed by atoms with Crippen LogP contribution in [0.2, 0.25) is 0 Å². The van der Waals surface area contributed by atoms with Crippen molar-refractivity contribution in [2.24, 2.45) is 0 Å². The van der Waals surface area contributed by atoms with E-state index in [1.54, 1.807) is 25.3 Å². The molecule has 1 aliphatic rings. The number of ether oxygens (including phenoxy) is 1. The van der Waals surface area contributed by atoms with E-state index in [1.807, 2.05) is 17.8 Å². The highest BCUT2D eigenvalue weighted by molar-refractivity contribution is 7.15. The highest BCUT2D eigenvalue weighted by Crippen LogP contribution is 2.34. The summed E-state index contributed by atoms with van der Waals surface area (Å²) in [5.41, 5.74) is 2.17. The number of rotatable bonds is 5. The van der Waals surface area contributed by atoms with Gasteiger partial charge in [0.15, 0.2) is 0 Å². The summed E-state index contributed by atoms with van der Waals surface area (Å²) >= 11 is 1.52. The molecule has 1 amide bonds. The van der Waals surface area contributed by atoms with Crippen LogP contribution in [-0.4, -0.2) is 43.9 Å². The summed E-state index contributed by atoms with van der Waals surface area (Å²) in [5.74, 6) is -1.62. The second-order valence-corrected chi connectivity index (χ2v) is 9.63. The molecular weight excluding hydrogens is 481 g/mol. The fraction of sp³-hybridized carbons (Fsp3) is 0.348. The van der Waals surface area contributed by atoms with Crippen LogP contribution < -0.4 is 5.32 Å². The fourth-order valence-electron chi connectivity index (χ4n) is 3.92. The Morgan fingerprint density at radius 3 is 2.63 bits per heavy atom. The SMILES string of the molecule is Cc1cnc(-c2cc(C(=O)N[C@H](C)c3cnc(C(F)(F)F)nc3)cc3nn(C4CCOC4)cc23)s1. The Kier molecular flexibility index (Phi) is 6.01. The number of hydrogen-bond acceptors (Lipinski definition) is 7. The van der Waals surface area contributed by atoms with E-state index >= 15 is 0 Å². The van der Waals surface area contributed by atoms with E-state index < -0.39 is 23.9 Å². The van der Waals surface area contributed by atoms with Gasteiger partial charge in [0.25, 0.3) is 5.91 Å². The van der Waals surface area contributed by atoms with Crippen LogP contribution in [-0.2, 0) is 10.9 Å². The molecule has 182 valence electrons. The number of carbonyl (C=O) groups is 1. The van der Waals surface area contributed by atoms with Gasteiger partial charge in [-0.25, -0.2) is 15.0 Å². The molecule has 1 aromatic carbocycles. The molecule has 4 aromatic rings. The number of aryl methyl sites for hydroxylation is 1. The standard InChI is InChI=1S/C23H21F3N6O2S/c1-12-7-27-21(35-12)17-5-14(6-19-18(17)10-32(31-19)16-3-4-34-11-16)20(33)30-13(2)15-8-28-22(29-9-15)23(24,25)26/h5-10,13,16H,3-4,11H2,1-2H3,(H,30,33)/t13-,16?/m1/s1. The molecule has 0 saturated carbocycles. The Hall–Kier alpha value is -3.38. The maximum absolute atomic E-state index is 13.1. The second kappa shape index (κ2) is 9.00. The summed E-state index contributed by atoms with van der Waals surface area (Å²) in [6.45, 7) is 4.88. The molecule has 35 heavy (non-hydrogen) atoms. The lowest BCUT2D eigenvalue weighted by Crippen LogP contribution is -2.27. The van der Waals surface area contributed by atoms with Crippen LogP contribution in [0.4, 0.5) is 13.2 Å². The smallest absolute Gasteiger partial charge is 0.379 e. The number of halogens is 3. The van der Waals surface area contributed by atoms with Crippen LogP contribution in [0.1, 0.15) is 52.1 Å². The highest BCUT2D eigenvalue weighted by atomic mass is 32.1. The van der Waals surface area contributed by atoms with Crippen LogP contribution >= 0.6 is 11.3 Å². The first-order valence-electron chi connectivity index (χ1n) is 10.9. The van der Waals surface area contributed by atoms with Crippen LogP contribution in [0.5, 0.6) is 0 Å². The zero-order chi connectivity index (χ0) is 24.7. The Balaban J connectivity index is 1.46. The van der Waals surface area contributed by atoms with Gasteiger partial charge < -0.3 is 10.1 Å². The first-order valence-corrected chi connectivity index (χ1v) is 11.7. The number of thiazole rings is 1. The average Bonchev–Trinajstić information content (AvgIpc) is 3.58. The maximum atomic E-state index is 13.1. The van der Waals surface area contributed by atoms with Gasteiger partial charge in [-0.2, -0.15) is 18.3 Å². The van der Waals surface area contributed by atoms with Gasteiger partial charge in [0.05, 0.1) is 24.2 Å². The molecule has 2 atom stereocenters. The predicted molar refractivity (Wildman–Crippen MR) is 123 cm³/mol. The summed E-state index contributed by atoms with van der Waals surface area (Å²) in [5, 5.41) is 9.17. The molecule has 8 nitrogen and oxygen atoms in total. The third-order valence-electron chi connectivity index (χ3n) is 5.81. The number of aromatic nitrogens is 5. The van der Waals surface area contributed by atoms with Crippen LogP contribution in [0.15, 0.2) is 36.9 Å². The molecule has 5 rings (SSSR count). The molecule has 1 aliphatic heterocycles. The first kappa shape index (κ1) is 23.4. The van der Waals surface area contributed by atoms with Gasteiger partial charge in [-0.3, -0.25) is 9.48 Å². The Morgan fingerprint density at radius 2 is 2.00 bits per heavy atom. The number of nitrogens with zero attached hydrogens (tertiary/aromatic N) is 5. The number of hydrogen-bond donors (Lipinski definition) is 1. The second-order valence-electron chi connectivity index (χ2n) is 8.39. The van der Waals surface area contributed by atoms with Gasteiger partial charge in [-0.05, 0) is 32.4 Å². The van der Waals surface area contributed by atoms with Gasteiger partial charge in [-0.15, -0.1) is 11.3 Å². The van der Waals surface area contributed by atoms with Crippen molar-refractivity contribution < 1.29 is 22.7 Å². The maximum Gasteiger partial charge on any atom is 0.451 e. The van der Waals surface area contributed by atoms with E-state index in [2.05, 4.69) is 20.3 Å². The van der Waals surface area contributed by atoms with Crippen molar-refractivity contribution >= 4 is 28.1 Å². The van der Waals surface area contributed by atoms with Crippen molar-refractivity contribution in [2.45, 2.75) is 38.5 Å². The van der Waals surface area contributed by atoms with Gasteiger partial charge in [0.1, 0.15) is 5.01 Å². The lowest BCUT2D eigenvalue weighted by molar-refractivity contribution is -0.145. The number of nitrogens with one attached hydrogen (secondary N) is 1. The normalized spacial score (nSPS) is 17.1. The molecule has 1 fully saturated rings. The third kappa shape index (κ3) is 4.76. The van der Waals surface area contributed by atoms with Crippen LogP contribution in [0.25, 0.3) is 21.5 Å². The largest absolute Gasteiger partial charge is 0.451 e. The zero-order valence-electron chi connectivity index (χ0n) is 18.8. The number of alkyl halides is 3. The first-order chi connectivity index (χ1) is 16.7. The summed E-state index contributed by atoms with van der Waals surface area (Å²) in [7, 11) is 0. The molecular formula is C23H21F3N6O2S. The minimum Gasteiger partial charge on any atom is -0.379 e. The van der Waals surface area contributed by atoms with E-state index in [0.717, 1.165) is 39.6 Å². The van der Waals surface area contributed by atoms with E-state index in [4.69, 9.17) is 9.84 Å². The fourth-order valence-corrected chi connectivity index (χ4v) is 4.71. The molecule has 0 aliphatic carbocycles. The number of carbonyl (C=O) groups excluding carboxylic acids is 1. The Morgan fingerprint density at radius 1 is 1.23 bits per heavy atom. The minimum absolute atomic E-state index is 0.130. The summed E-state index contributed by atoms with van der Waals surface area (Å²) < 4.78 is 45.6. The predicted octanol–water partition coefficient (Wildman–Crippen LogP) is 4.73. The molecule has 1 saturated heterocycles. The molecule has 4 heterocycles. The lowest BCUT2D eigenvalue weighted by Gasteiger charge is -2.15. The molecule has 0 bridgehead atoms. The van der Waals surface area contributed by atoms with Gasteiger partial charge in [-0.1, -0.05) is 0 Å². The molecule has 0 radical (unpaired) electrons. The van der Waals surface area contributed by atoms with E-state index in [-0.39, 0.29) is 6.04 Å². The quantitative estimate of drug-likeness (QED) is 0.424. The number of fused-ring (bicyclic) bond motifs is 1. The van der Waals surface area contributed by atoms with E-state index in [9.17, 15) is 18.0 Å². The summed E-state index contributed by atoms with van der Waals surface area (Å²) in [6.07, 6.45) is 2.11. The molecule has 12 heteroatoms.